The molecule has 1 amide bonds. The van der Waals surface area contributed by atoms with Gasteiger partial charge in [0.15, 0.2) is 0 Å². The molecule has 1 saturated heterocycles. The van der Waals surface area contributed by atoms with E-state index in [4.69, 9.17) is 9.47 Å². The molecule has 1 atom stereocenters. The number of benzene rings is 1. The molecule has 2 rings (SSSR count). The maximum atomic E-state index is 11.7. The van der Waals surface area contributed by atoms with Gasteiger partial charge in [0.2, 0.25) is 0 Å². The lowest BCUT2D eigenvalue weighted by Crippen LogP contribution is -2.27. The van der Waals surface area contributed by atoms with Gasteiger partial charge < -0.3 is 9.47 Å². The van der Waals surface area contributed by atoms with Crippen LogP contribution < -0.4 is 5.32 Å². The minimum absolute atomic E-state index is 0.379. The zero-order valence-corrected chi connectivity index (χ0v) is 11.9. The number of epoxide rings is 1. The molecular weight excluding hydrogens is 242 g/mol. The van der Waals surface area contributed by atoms with Crippen molar-refractivity contribution < 1.29 is 14.3 Å². The number of carbonyl (C=O) groups excluding carboxylic acids is 1. The van der Waals surface area contributed by atoms with E-state index in [1.54, 1.807) is 0 Å². The first-order chi connectivity index (χ1) is 8.83. The third-order valence-electron chi connectivity index (χ3n) is 2.79. The van der Waals surface area contributed by atoms with E-state index in [1.807, 2.05) is 39.8 Å². The van der Waals surface area contributed by atoms with Gasteiger partial charge in [0.1, 0.15) is 5.60 Å². The van der Waals surface area contributed by atoms with E-state index in [-0.39, 0.29) is 0 Å². The maximum absolute atomic E-state index is 11.7. The molecule has 0 spiro atoms. The highest BCUT2D eigenvalue weighted by molar-refractivity contribution is 5.85. The number of hydrogen-bond acceptors (Lipinski definition) is 3. The van der Waals surface area contributed by atoms with E-state index in [1.165, 1.54) is 5.56 Å². The Bertz CT molecular complexity index is 473. The Morgan fingerprint density at radius 3 is 2.68 bits per heavy atom. The van der Waals surface area contributed by atoms with Gasteiger partial charge in [-0.3, -0.25) is 5.32 Å². The van der Waals surface area contributed by atoms with Gasteiger partial charge >= 0.3 is 6.09 Å². The van der Waals surface area contributed by atoms with Crippen molar-refractivity contribution in [2.75, 3.05) is 11.9 Å². The molecule has 1 aliphatic rings. The van der Waals surface area contributed by atoms with Crippen molar-refractivity contribution in [1.82, 2.24) is 0 Å². The third-order valence-corrected chi connectivity index (χ3v) is 2.79. The monoisotopic (exact) mass is 263 g/mol. The Morgan fingerprint density at radius 1 is 1.47 bits per heavy atom. The average Bonchev–Trinajstić information content (AvgIpc) is 3.03. The predicted octanol–water partition coefficient (Wildman–Crippen LogP) is 3.28. The molecule has 4 nitrogen and oxygen atoms in total. The molecule has 1 aromatic carbocycles. The predicted molar refractivity (Wildman–Crippen MR) is 74.5 cm³/mol. The van der Waals surface area contributed by atoms with Crippen molar-refractivity contribution in [2.24, 2.45) is 0 Å². The fraction of sp³-hybridized carbons (Fsp3) is 0.533. The van der Waals surface area contributed by atoms with Gasteiger partial charge in [0.05, 0.1) is 12.7 Å². The maximum Gasteiger partial charge on any atom is 0.412 e. The summed E-state index contributed by atoms with van der Waals surface area (Å²) >= 11 is 0. The molecule has 0 saturated carbocycles. The van der Waals surface area contributed by atoms with Crippen LogP contribution in [0, 0.1) is 6.92 Å². The van der Waals surface area contributed by atoms with Gasteiger partial charge in [-0.1, -0.05) is 12.1 Å². The molecule has 19 heavy (non-hydrogen) atoms. The minimum Gasteiger partial charge on any atom is -0.444 e. The number of amides is 1. The molecule has 1 N–H and O–H groups in total. The van der Waals surface area contributed by atoms with Crippen molar-refractivity contribution >= 4 is 11.8 Å². The second kappa shape index (κ2) is 5.21. The lowest BCUT2D eigenvalue weighted by molar-refractivity contribution is 0.0636. The molecular formula is C15H21NO3. The lowest BCUT2D eigenvalue weighted by atomic mass is 10.1. The quantitative estimate of drug-likeness (QED) is 0.851. The number of ether oxygens (including phenoxy) is 2. The van der Waals surface area contributed by atoms with Crippen molar-refractivity contribution in [3.8, 4) is 0 Å². The standard InChI is InChI=1S/C15H21NO3/c1-10-7-11(8-12-9-18-12)5-6-13(10)16-14(17)19-15(2,3)4/h5-7,12H,8-9H2,1-4H3,(H,16,17). The fourth-order valence-corrected chi connectivity index (χ4v) is 1.86. The Morgan fingerprint density at radius 2 is 2.16 bits per heavy atom. The number of rotatable bonds is 3. The smallest absolute Gasteiger partial charge is 0.412 e. The van der Waals surface area contributed by atoms with Crippen LogP contribution in [0.4, 0.5) is 10.5 Å². The van der Waals surface area contributed by atoms with Gasteiger partial charge in [-0.15, -0.1) is 0 Å². The second-order valence-electron chi connectivity index (χ2n) is 5.94. The Kier molecular flexibility index (Phi) is 3.80. The number of hydrogen-bond donors (Lipinski definition) is 1. The number of anilines is 1. The van der Waals surface area contributed by atoms with E-state index < -0.39 is 11.7 Å². The van der Waals surface area contributed by atoms with Crippen molar-refractivity contribution in [3.05, 3.63) is 29.3 Å². The highest BCUT2D eigenvalue weighted by Gasteiger charge is 2.23. The topological polar surface area (TPSA) is 50.9 Å². The second-order valence-corrected chi connectivity index (χ2v) is 5.94. The summed E-state index contributed by atoms with van der Waals surface area (Å²) < 4.78 is 10.4. The summed E-state index contributed by atoms with van der Waals surface area (Å²) in [5, 5.41) is 2.77. The third kappa shape index (κ3) is 4.56. The Labute approximate surface area is 114 Å². The SMILES string of the molecule is Cc1cc(CC2CO2)ccc1NC(=O)OC(C)(C)C. The minimum atomic E-state index is -0.485. The van der Waals surface area contributed by atoms with Crippen molar-refractivity contribution in [2.45, 2.75) is 45.8 Å². The molecule has 0 radical (unpaired) electrons. The molecule has 0 aliphatic carbocycles. The van der Waals surface area contributed by atoms with E-state index in [0.717, 1.165) is 24.3 Å². The summed E-state index contributed by atoms with van der Waals surface area (Å²) in [7, 11) is 0. The number of carbonyl (C=O) groups is 1. The largest absolute Gasteiger partial charge is 0.444 e. The molecule has 1 aliphatic heterocycles. The normalized spacial score (nSPS) is 18.0. The van der Waals surface area contributed by atoms with Gasteiger partial charge in [-0.25, -0.2) is 4.79 Å². The molecule has 0 aromatic heterocycles. The van der Waals surface area contributed by atoms with E-state index in [0.29, 0.717) is 6.10 Å². The first-order valence-corrected chi connectivity index (χ1v) is 6.54. The van der Waals surface area contributed by atoms with Crippen LogP contribution in [0.1, 0.15) is 31.9 Å². The molecule has 0 bridgehead atoms. The van der Waals surface area contributed by atoms with Crippen LogP contribution in [0.5, 0.6) is 0 Å². The Hall–Kier alpha value is -1.55. The van der Waals surface area contributed by atoms with Crippen LogP contribution in [0.15, 0.2) is 18.2 Å². The molecule has 4 heteroatoms. The van der Waals surface area contributed by atoms with Crippen LogP contribution in [0.2, 0.25) is 0 Å². The molecule has 1 unspecified atom stereocenters. The summed E-state index contributed by atoms with van der Waals surface area (Å²) in [6, 6.07) is 6.01. The molecule has 1 aromatic rings. The first kappa shape index (κ1) is 13.9. The first-order valence-electron chi connectivity index (χ1n) is 6.54. The summed E-state index contributed by atoms with van der Waals surface area (Å²) in [4.78, 5) is 11.7. The fourth-order valence-electron chi connectivity index (χ4n) is 1.86. The van der Waals surface area contributed by atoms with Crippen LogP contribution in [0.25, 0.3) is 0 Å². The molecule has 104 valence electrons. The summed E-state index contributed by atoms with van der Waals surface area (Å²) in [5.41, 5.74) is 2.56. The summed E-state index contributed by atoms with van der Waals surface area (Å²) in [6.45, 7) is 8.37. The van der Waals surface area contributed by atoms with Crippen LogP contribution >= 0.6 is 0 Å². The van der Waals surface area contributed by atoms with Gasteiger partial charge in [0.25, 0.3) is 0 Å². The van der Waals surface area contributed by atoms with E-state index in [9.17, 15) is 4.79 Å². The van der Waals surface area contributed by atoms with Crippen LogP contribution in [-0.4, -0.2) is 24.4 Å². The highest BCUT2D eigenvalue weighted by Crippen LogP contribution is 2.22. The van der Waals surface area contributed by atoms with E-state index >= 15 is 0 Å². The average molecular weight is 263 g/mol. The lowest BCUT2D eigenvalue weighted by Gasteiger charge is -2.20. The molecule has 1 heterocycles. The van der Waals surface area contributed by atoms with Crippen LogP contribution in [-0.2, 0) is 15.9 Å². The Balaban J connectivity index is 1.98. The zero-order valence-electron chi connectivity index (χ0n) is 11.9. The van der Waals surface area contributed by atoms with Crippen molar-refractivity contribution in [3.63, 3.8) is 0 Å². The summed E-state index contributed by atoms with van der Waals surface area (Å²) in [6.07, 6.45) is 0.894. The number of nitrogens with one attached hydrogen (secondary N) is 1. The van der Waals surface area contributed by atoms with Crippen LogP contribution in [0.3, 0.4) is 0 Å². The number of aryl methyl sites for hydroxylation is 1. The summed E-state index contributed by atoms with van der Waals surface area (Å²) in [5.74, 6) is 0. The van der Waals surface area contributed by atoms with Gasteiger partial charge in [0, 0.05) is 12.1 Å². The molecule has 1 fully saturated rings. The van der Waals surface area contributed by atoms with Crippen molar-refractivity contribution in [1.29, 1.82) is 0 Å². The van der Waals surface area contributed by atoms with E-state index in [2.05, 4.69) is 11.4 Å². The van der Waals surface area contributed by atoms with Gasteiger partial charge in [-0.05, 0) is 44.9 Å². The van der Waals surface area contributed by atoms with Gasteiger partial charge in [-0.2, -0.15) is 0 Å². The highest BCUT2D eigenvalue weighted by atomic mass is 16.6. The zero-order chi connectivity index (χ0) is 14.0.